The molecule has 0 aromatic heterocycles. The predicted octanol–water partition coefficient (Wildman–Crippen LogP) is 0.866. The van der Waals surface area contributed by atoms with E-state index in [-0.39, 0.29) is 23.3 Å². The Kier molecular flexibility index (Phi) is 3.72. The molecule has 1 aliphatic heterocycles. The first-order chi connectivity index (χ1) is 8.44. The maximum Gasteiger partial charge on any atom is 0.171 e. The maximum atomic E-state index is 11.3. The summed E-state index contributed by atoms with van der Waals surface area (Å²) in [5.41, 5.74) is 0.661. The molecule has 0 radical (unpaired) electrons. The van der Waals surface area contributed by atoms with E-state index in [9.17, 15) is 13.5 Å². The molecule has 0 spiro atoms. The largest absolute Gasteiger partial charge is 0.508 e. The standard InChI is InChI=1S/C11H14N2O3S2/c14-10-3-1-2-8(6-10)12-11(17)13-9-4-5-18(15,16)7-9/h1-3,6,9,14H,4-5,7H2,(H2,12,13,17). The van der Waals surface area contributed by atoms with Crippen molar-refractivity contribution in [3.63, 3.8) is 0 Å². The van der Waals surface area contributed by atoms with Crippen molar-refractivity contribution in [1.82, 2.24) is 5.32 Å². The normalized spacial score (nSPS) is 21.4. The zero-order valence-corrected chi connectivity index (χ0v) is 11.2. The van der Waals surface area contributed by atoms with Crippen molar-refractivity contribution in [2.75, 3.05) is 16.8 Å². The van der Waals surface area contributed by atoms with Crippen LogP contribution in [-0.4, -0.2) is 36.2 Å². The summed E-state index contributed by atoms with van der Waals surface area (Å²) in [7, 11) is -2.91. The molecular weight excluding hydrogens is 272 g/mol. The highest BCUT2D eigenvalue weighted by atomic mass is 32.2. The van der Waals surface area contributed by atoms with E-state index in [0.717, 1.165) is 0 Å². The molecular formula is C11H14N2O3S2. The van der Waals surface area contributed by atoms with Crippen LogP contribution in [0.3, 0.4) is 0 Å². The zero-order valence-electron chi connectivity index (χ0n) is 9.59. The van der Waals surface area contributed by atoms with Crippen LogP contribution < -0.4 is 10.6 Å². The predicted molar refractivity (Wildman–Crippen MR) is 74.5 cm³/mol. The van der Waals surface area contributed by atoms with E-state index in [1.165, 1.54) is 0 Å². The fourth-order valence-corrected chi connectivity index (χ4v) is 3.80. The average Bonchev–Trinajstić information content (AvgIpc) is 2.57. The number of sulfone groups is 1. The number of nitrogens with one attached hydrogen (secondary N) is 2. The van der Waals surface area contributed by atoms with Gasteiger partial charge in [-0.3, -0.25) is 0 Å². The lowest BCUT2D eigenvalue weighted by Gasteiger charge is -2.14. The number of aromatic hydroxyl groups is 1. The van der Waals surface area contributed by atoms with Gasteiger partial charge in [0.05, 0.1) is 11.5 Å². The third-order valence-electron chi connectivity index (χ3n) is 2.67. The summed E-state index contributed by atoms with van der Waals surface area (Å²) in [6.45, 7) is 0. The average molecular weight is 286 g/mol. The van der Waals surface area contributed by atoms with Crippen molar-refractivity contribution in [2.45, 2.75) is 12.5 Å². The van der Waals surface area contributed by atoms with Gasteiger partial charge in [0.25, 0.3) is 0 Å². The lowest BCUT2D eigenvalue weighted by atomic mass is 10.3. The van der Waals surface area contributed by atoms with E-state index >= 15 is 0 Å². The molecule has 18 heavy (non-hydrogen) atoms. The molecule has 1 fully saturated rings. The van der Waals surface area contributed by atoms with Crippen molar-refractivity contribution in [2.24, 2.45) is 0 Å². The first-order valence-electron chi connectivity index (χ1n) is 5.51. The molecule has 0 aliphatic carbocycles. The summed E-state index contributed by atoms with van der Waals surface area (Å²) < 4.78 is 22.6. The topological polar surface area (TPSA) is 78.4 Å². The third-order valence-corrected chi connectivity index (χ3v) is 4.66. The molecule has 2 rings (SSSR count). The summed E-state index contributed by atoms with van der Waals surface area (Å²) in [5.74, 6) is 0.472. The van der Waals surface area contributed by atoms with Crippen LogP contribution in [0, 0.1) is 0 Å². The summed E-state index contributed by atoms with van der Waals surface area (Å²) >= 11 is 5.09. The number of thiocarbonyl (C=S) groups is 1. The second kappa shape index (κ2) is 5.11. The van der Waals surface area contributed by atoms with Crippen molar-refractivity contribution < 1.29 is 13.5 Å². The van der Waals surface area contributed by atoms with Crippen LogP contribution >= 0.6 is 12.2 Å². The molecule has 5 nitrogen and oxygen atoms in total. The Bertz CT molecular complexity index is 557. The summed E-state index contributed by atoms with van der Waals surface area (Å²) in [4.78, 5) is 0. The highest BCUT2D eigenvalue weighted by Crippen LogP contribution is 2.16. The Morgan fingerprint density at radius 2 is 2.22 bits per heavy atom. The van der Waals surface area contributed by atoms with Gasteiger partial charge in [0.2, 0.25) is 0 Å². The number of hydrogen-bond acceptors (Lipinski definition) is 4. The number of benzene rings is 1. The second-order valence-corrected chi connectivity index (χ2v) is 6.89. The van der Waals surface area contributed by atoms with Crippen molar-refractivity contribution in [1.29, 1.82) is 0 Å². The summed E-state index contributed by atoms with van der Waals surface area (Å²) in [5, 5.41) is 15.5. The molecule has 1 heterocycles. The van der Waals surface area contributed by atoms with Crippen LogP contribution in [0.1, 0.15) is 6.42 Å². The number of phenols is 1. The van der Waals surface area contributed by atoms with Crippen LogP contribution in [0.25, 0.3) is 0 Å². The van der Waals surface area contributed by atoms with Crippen LogP contribution in [-0.2, 0) is 9.84 Å². The first-order valence-corrected chi connectivity index (χ1v) is 7.74. The van der Waals surface area contributed by atoms with Gasteiger partial charge in [0.15, 0.2) is 14.9 Å². The Labute approximate surface area is 111 Å². The first kappa shape index (κ1) is 13.1. The molecule has 1 unspecified atom stereocenters. The van der Waals surface area contributed by atoms with E-state index in [1.807, 2.05) is 0 Å². The number of phenolic OH excluding ortho intramolecular Hbond substituents is 1. The Hall–Kier alpha value is -1.34. The quantitative estimate of drug-likeness (QED) is 0.700. The molecule has 1 aliphatic rings. The highest BCUT2D eigenvalue weighted by Gasteiger charge is 2.28. The molecule has 0 saturated carbocycles. The van der Waals surface area contributed by atoms with Crippen LogP contribution in [0.2, 0.25) is 0 Å². The van der Waals surface area contributed by atoms with Crippen molar-refractivity contribution >= 4 is 32.9 Å². The molecule has 1 aromatic carbocycles. The van der Waals surface area contributed by atoms with E-state index in [1.54, 1.807) is 24.3 Å². The van der Waals surface area contributed by atoms with Crippen molar-refractivity contribution in [3.05, 3.63) is 24.3 Å². The molecule has 1 aromatic rings. The number of hydrogen-bond donors (Lipinski definition) is 3. The van der Waals surface area contributed by atoms with E-state index in [4.69, 9.17) is 12.2 Å². The van der Waals surface area contributed by atoms with Gasteiger partial charge in [-0.2, -0.15) is 0 Å². The minimum absolute atomic E-state index is 0.120. The fourth-order valence-electron chi connectivity index (χ4n) is 1.85. The van der Waals surface area contributed by atoms with E-state index in [2.05, 4.69) is 10.6 Å². The highest BCUT2D eigenvalue weighted by molar-refractivity contribution is 7.91. The van der Waals surface area contributed by atoms with Crippen molar-refractivity contribution in [3.8, 4) is 5.75 Å². The minimum atomic E-state index is -2.91. The van der Waals surface area contributed by atoms with Gasteiger partial charge < -0.3 is 15.7 Å². The summed E-state index contributed by atoms with van der Waals surface area (Å²) in [6, 6.07) is 6.43. The van der Waals surface area contributed by atoms with Gasteiger partial charge in [-0.25, -0.2) is 8.42 Å². The Morgan fingerprint density at radius 3 is 2.83 bits per heavy atom. The van der Waals surface area contributed by atoms with Crippen LogP contribution in [0.15, 0.2) is 24.3 Å². The monoisotopic (exact) mass is 286 g/mol. The van der Waals surface area contributed by atoms with E-state index in [0.29, 0.717) is 17.2 Å². The van der Waals surface area contributed by atoms with Gasteiger partial charge in [0, 0.05) is 17.8 Å². The Morgan fingerprint density at radius 1 is 1.44 bits per heavy atom. The smallest absolute Gasteiger partial charge is 0.171 e. The minimum Gasteiger partial charge on any atom is -0.508 e. The second-order valence-electron chi connectivity index (χ2n) is 4.25. The van der Waals surface area contributed by atoms with Gasteiger partial charge in [-0.05, 0) is 30.8 Å². The summed E-state index contributed by atoms with van der Waals surface area (Å²) in [6.07, 6.45) is 0.574. The lowest BCUT2D eigenvalue weighted by molar-refractivity contribution is 0.475. The molecule has 1 atom stereocenters. The lowest BCUT2D eigenvalue weighted by Crippen LogP contribution is -2.38. The van der Waals surface area contributed by atoms with Gasteiger partial charge >= 0.3 is 0 Å². The van der Waals surface area contributed by atoms with Crippen LogP contribution in [0.5, 0.6) is 5.75 Å². The van der Waals surface area contributed by atoms with Gasteiger partial charge in [0.1, 0.15) is 5.75 Å². The van der Waals surface area contributed by atoms with E-state index < -0.39 is 9.84 Å². The zero-order chi connectivity index (χ0) is 13.2. The fraction of sp³-hybridized carbons (Fsp3) is 0.364. The molecule has 7 heteroatoms. The molecule has 98 valence electrons. The Balaban J connectivity index is 1.90. The van der Waals surface area contributed by atoms with Gasteiger partial charge in [-0.15, -0.1) is 0 Å². The third kappa shape index (κ3) is 3.58. The SMILES string of the molecule is O=S1(=O)CCC(NC(=S)Nc2cccc(O)c2)C1. The molecule has 3 N–H and O–H groups in total. The molecule has 0 bridgehead atoms. The van der Waals surface area contributed by atoms with Gasteiger partial charge in [-0.1, -0.05) is 6.07 Å². The molecule has 0 amide bonds. The maximum absolute atomic E-state index is 11.3. The number of rotatable bonds is 2. The van der Waals surface area contributed by atoms with Crippen LogP contribution in [0.4, 0.5) is 5.69 Å². The molecule has 1 saturated heterocycles. The number of anilines is 1.